The molecule has 1 aliphatic heterocycles. The SMILES string of the molecule is N#CC(CO)C1=NS(=O)(=O)c2ccccc21. The molecule has 0 radical (unpaired) electrons. The van der Waals surface area contributed by atoms with Crippen molar-refractivity contribution in [2.24, 2.45) is 10.3 Å². The third-order valence-corrected chi connectivity index (χ3v) is 3.68. The van der Waals surface area contributed by atoms with Gasteiger partial charge in [-0.3, -0.25) is 0 Å². The van der Waals surface area contributed by atoms with Crippen molar-refractivity contribution in [2.75, 3.05) is 6.61 Å². The van der Waals surface area contributed by atoms with Crippen LogP contribution in [0.3, 0.4) is 0 Å². The van der Waals surface area contributed by atoms with E-state index in [2.05, 4.69) is 4.40 Å². The smallest absolute Gasteiger partial charge is 0.283 e. The largest absolute Gasteiger partial charge is 0.395 e. The van der Waals surface area contributed by atoms with Gasteiger partial charge in [-0.25, -0.2) is 0 Å². The van der Waals surface area contributed by atoms with E-state index in [1.807, 2.05) is 6.07 Å². The van der Waals surface area contributed by atoms with Crippen molar-refractivity contribution in [1.82, 2.24) is 0 Å². The molecule has 0 spiro atoms. The summed E-state index contributed by atoms with van der Waals surface area (Å²) in [5.74, 6) is -0.904. The van der Waals surface area contributed by atoms with E-state index in [0.717, 1.165) is 0 Å². The Morgan fingerprint density at radius 2 is 2.12 bits per heavy atom. The Kier molecular flexibility index (Phi) is 2.50. The first-order valence-corrected chi connectivity index (χ1v) is 5.99. The summed E-state index contributed by atoms with van der Waals surface area (Å²) in [6, 6.07) is 8.11. The monoisotopic (exact) mass is 236 g/mol. The first-order valence-electron chi connectivity index (χ1n) is 4.55. The van der Waals surface area contributed by atoms with Gasteiger partial charge in [-0.15, -0.1) is 0 Å². The number of hydrogen-bond acceptors (Lipinski definition) is 4. The molecule has 0 aromatic heterocycles. The van der Waals surface area contributed by atoms with Crippen molar-refractivity contribution >= 4 is 15.7 Å². The molecular weight excluding hydrogens is 228 g/mol. The van der Waals surface area contributed by atoms with Crippen molar-refractivity contribution in [3.63, 3.8) is 0 Å². The van der Waals surface area contributed by atoms with Crippen LogP contribution in [0.4, 0.5) is 0 Å². The summed E-state index contributed by atoms with van der Waals surface area (Å²) in [7, 11) is -3.69. The lowest BCUT2D eigenvalue weighted by atomic mass is 9.99. The molecule has 0 saturated carbocycles. The van der Waals surface area contributed by atoms with Crippen molar-refractivity contribution < 1.29 is 13.5 Å². The highest BCUT2D eigenvalue weighted by atomic mass is 32.2. The summed E-state index contributed by atoms with van der Waals surface area (Å²) in [5, 5.41) is 17.8. The number of fused-ring (bicyclic) bond motifs is 1. The number of aliphatic hydroxyl groups is 1. The summed E-state index contributed by atoms with van der Waals surface area (Å²) < 4.78 is 26.8. The Hall–Kier alpha value is -1.71. The molecule has 1 N–H and O–H groups in total. The number of aliphatic hydroxyl groups excluding tert-OH is 1. The molecule has 1 aromatic carbocycles. The summed E-state index contributed by atoms with van der Waals surface area (Å²) in [4.78, 5) is 0.0960. The van der Waals surface area contributed by atoms with Gasteiger partial charge in [0.2, 0.25) is 0 Å². The van der Waals surface area contributed by atoms with Gasteiger partial charge >= 0.3 is 0 Å². The first-order chi connectivity index (χ1) is 7.60. The van der Waals surface area contributed by atoms with Gasteiger partial charge in [0, 0.05) is 5.56 Å². The van der Waals surface area contributed by atoms with Crippen molar-refractivity contribution in [3.8, 4) is 6.07 Å². The molecule has 1 aromatic rings. The summed E-state index contributed by atoms with van der Waals surface area (Å²) in [6.07, 6.45) is 0. The lowest BCUT2D eigenvalue weighted by Crippen LogP contribution is -2.16. The van der Waals surface area contributed by atoms with Crippen LogP contribution in [-0.4, -0.2) is 25.8 Å². The minimum atomic E-state index is -3.69. The first kappa shape index (κ1) is 10.8. The van der Waals surface area contributed by atoms with Crippen LogP contribution in [0.15, 0.2) is 33.6 Å². The van der Waals surface area contributed by atoms with Crippen LogP contribution in [0.1, 0.15) is 5.56 Å². The van der Waals surface area contributed by atoms with Gasteiger partial charge in [0.1, 0.15) is 5.92 Å². The summed E-state index contributed by atoms with van der Waals surface area (Å²) in [5.41, 5.74) is 0.531. The maximum Gasteiger partial charge on any atom is 0.283 e. The zero-order valence-electron chi connectivity index (χ0n) is 8.16. The van der Waals surface area contributed by atoms with Crippen LogP contribution in [0.2, 0.25) is 0 Å². The maximum absolute atomic E-state index is 11.6. The normalized spacial score (nSPS) is 18.4. The summed E-state index contributed by atoms with van der Waals surface area (Å²) in [6.45, 7) is -0.445. The van der Waals surface area contributed by atoms with Gasteiger partial charge in [-0.2, -0.15) is 18.1 Å². The Morgan fingerprint density at radius 1 is 1.44 bits per heavy atom. The molecule has 1 atom stereocenters. The van der Waals surface area contributed by atoms with Crippen LogP contribution in [0, 0.1) is 17.2 Å². The van der Waals surface area contributed by atoms with Crippen LogP contribution in [0.25, 0.3) is 0 Å². The highest BCUT2D eigenvalue weighted by molar-refractivity contribution is 7.90. The molecule has 0 fully saturated rings. The second-order valence-electron chi connectivity index (χ2n) is 3.31. The standard InChI is InChI=1S/C10H8N2O3S/c11-5-7(6-13)10-8-3-1-2-4-9(8)16(14,15)12-10/h1-4,7,13H,6H2. The van der Waals surface area contributed by atoms with Gasteiger partial charge in [-0.1, -0.05) is 18.2 Å². The zero-order valence-corrected chi connectivity index (χ0v) is 8.98. The number of sulfonamides is 1. The fraction of sp³-hybridized carbons (Fsp3) is 0.200. The van der Waals surface area contributed by atoms with E-state index in [4.69, 9.17) is 10.4 Å². The Balaban J connectivity index is 2.65. The van der Waals surface area contributed by atoms with Crippen molar-refractivity contribution in [3.05, 3.63) is 29.8 Å². The molecule has 1 unspecified atom stereocenters. The fourth-order valence-electron chi connectivity index (χ4n) is 1.57. The Bertz CT molecular complexity index is 599. The Morgan fingerprint density at radius 3 is 2.75 bits per heavy atom. The average Bonchev–Trinajstić information content (AvgIpc) is 2.54. The number of hydrogen-bond donors (Lipinski definition) is 1. The molecule has 16 heavy (non-hydrogen) atoms. The minimum Gasteiger partial charge on any atom is -0.395 e. The molecule has 0 bridgehead atoms. The number of nitrogens with zero attached hydrogens (tertiary/aromatic N) is 2. The van der Waals surface area contributed by atoms with E-state index in [1.54, 1.807) is 18.2 Å². The Labute approximate surface area is 92.7 Å². The van der Waals surface area contributed by atoms with Gasteiger partial charge in [0.15, 0.2) is 0 Å². The van der Waals surface area contributed by atoms with Gasteiger partial charge in [0.05, 0.1) is 23.3 Å². The zero-order chi connectivity index (χ0) is 11.8. The third kappa shape index (κ3) is 1.50. The molecule has 1 heterocycles. The van der Waals surface area contributed by atoms with Gasteiger partial charge in [0.25, 0.3) is 10.0 Å². The van der Waals surface area contributed by atoms with Crippen molar-refractivity contribution in [1.29, 1.82) is 5.26 Å². The van der Waals surface area contributed by atoms with E-state index in [9.17, 15) is 8.42 Å². The van der Waals surface area contributed by atoms with Crippen LogP contribution in [0.5, 0.6) is 0 Å². The topological polar surface area (TPSA) is 90.5 Å². The predicted octanol–water partition coefficient (Wildman–Crippen LogP) is 0.310. The van der Waals surface area contributed by atoms with Crippen molar-refractivity contribution in [2.45, 2.75) is 4.90 Å². The molecule has 5 nitrogen and oxygen atoms in total. The predicted molar refractivity (Wildman–Crippen MR) is 56.4 cm³/mol. The lowest BCUT2D eigenvalue weighted by Gasteiger charge is -2.04. The molecule has 1 aliphatic rings. The quantitative estimate of drug-likeness (QED) is 0.800. The number of benzene rings is 1. The van der Waals surface area contributed by atoms with Crippen LogP contribution >= 0.6 is 0 Å². The van der Waals surface area contributed by atoms with Crippen LogP contribution in [-0.2, 0) is 10.0 Å². The third-order valence-electron chi connectivity index (χ3n) is 2.33. The van der Waals surface area contributed by atoms with E-state index < -0.39 is 22.5 Å². The molecule has 6 heteroatoms. The van der Waals surface area contributed by atoms with Gasteiger partial charge in [-0.05, 0) is 6.07 Å². The van der Waals surface area contributed by atoms with E-state index in [0.29, 0.717) is 5.56 Å². The van der Waals surface area contributed by atoms with Crippen LogP contribution < -0.4 is 0 Å². The lowest BCUT2D eigenvalue weighted by molar-refractivity contribution is 0.283. The van der Waals surface area contributed by atoms with E-state index in [-0.39, 0.29) is 10.6 Å². The average molecular weight is 236 g/mol. The maximum atomic E-state index is 11.6. The number of rotatable bonds is 2. The van der Waals surface area contributed by atoms with E-state index in [1.165, 1.54) is 6.07 Å². The minimum absolute atomic E-state index is 0.0960. The molecule has 0 aliphatic carbocycles. The summed E-state index contributed by atoms with van der Waals surface area (Å²) >= 11 is 0. The second kappa shape index (κ2) is 3.70. The molecule has 0 amide bonds. The molecule has 82 valence electrons. The second-order valence-corrected chi connectivity index (χ2v) is 4.88. The van der Waals surface area contributed by atoms with Gasteiger partial charge < -0.3 is 5.11 Å². The van der Waals surface area contributed by atoms with E-state index >= 15 is 0 Å². The number of nitriles is 1. The highest BCUT2D eigenvalue weighted by Gasteiger charge is 2.32. The molecule has 0 saturated heterocycles. The molecule has 2 rings (SSSR count). The molecular formula is C10H8N2O3S. The highest BCUT2D eigenvalue weighted by Crippen LogP contribution is 2.28. The fourth-order valence-corrected chi connectivity index (χ4v) is 2.85.